The van der Waals surface area contributed by atoms with Gasteiger partial charge in [0.2, 0.25) is 0 Å². The molecule has 0 saturated heterocycles. The van der Waals surface area contributed by atoms with Crippen molar-refractivity contribution in [3.8, 4) is 6.07 Å². The zero-order chi connectivity index (χ0) is 13.1. The highest BCUT2D eigenvalue weighted by Crippen LogP contribution is 2.10. The molecule has 0 radical (unpaired) electrons. The second-order valence-electron chi connectivity index (χ2n) is 4.55. The van der Waals surface area contributed by atoms with Gasteiger partial charge in [0.1, 0.15) is 0 Å². The van der Waals surface area contributed by atoms with Crippen molar-refractivity contribution in [2.75, 3.05) is 0 Å². The van der Waals surface area contributed by atoms with Crippen molar-refractivity contribution < 1.29 is 4.57 Å². The largest absolute Gasteiger partial charge is 0.200 e. The van der Waals surface area contributed by atoms with E-state index in [2.05, 4.69) is 41.2 Å². The molecule has 0 spiro atoms. The zero-order valence-corrected chi connectivity index (χ0v) is 10.5. The van der Waals surface area contributed by atoms with E-state index in [0.717, 1.165) is 6.54 Å². The van der Waals surface area contributed by atoms with Crippen molar-refractivity contribution in [3.63, 3.8) is 0 Å². The van der Waals surface area contributed by atoms with Crippen LogP contribution in [0.15, 0.2) is 67.0 Å². The number of nitriles is 1. The summed E-state index contributed by atoms with van der Waals surface area (Å²) in [6.07, 6.45) is 4.23. The van der Waals surface area contributed by atoms with Gasteiger partial charge in [-0.25, -0.2) is 4.57 Å². The van der Waals surface area contributed by atoms with E-state index in [9.17, 15) is 0 Å². The molecule has 1 heterocycles. The van der Waals surface area contributed by atoms with Gasteiger partial charge >= 0.3 is 0 Å². The second-order valence-corrected chi connectivity index (χ2v) is 4.55. The lowest BCUT2D eigenvalue weighted by Crippen LogP contribution is -2.33. The van der Waals surface area contributed by atoms with Crippen LogP contribution in [0.2, 0.25) is 0 Å². The Bertz CT molecular complexity index is 752. The summed E-state index contributed by atoms with van der Waals surface area (Å²) < 4.78 is 2.16. The minimum atomic E-state index is 0.701. The molecule has 90 valence electrons. The first kappa shape index (κ1) is 11.4. The van der Waals surface area contributed by atoms with Gasteiger partial charge in [0.05, 0.1) is 11.6 Å². The molecule has 3 aromatic rings. The van der Waals surface area contributed by atoms with Crippen molar-refractivity contribution >= 4 is 10.8 Å². The van der Waals surface area contributed by atoms with Crippen LogP contribution in [0.1, 0.15) is 11.1 Å². The van der Waals surface area contributed by atoms with Gasteiger partial charge in [0, 0.05) is 17.0 Å². The van der Waals surface area contributed by atoms with Crippen molar-refractivity contribution in [1.29, 1.82) is 5.26 Å². The minimum Gasteiger partial charge on any atom is -0.200 e. The van der Waals surface area contributed by atoms with Crippen LogP contribution in [0.3, 0.4) is 0 Å². The maximum Gasteiger partial charge on any atom is 0.176 e. The van der Waals surface area contributed by atoms with Crippen molar-refractivity contribution in [3.05, 3.63) is 78.1 Å². The fraction of sp³-hybridized carbons (Fsp3) is 0.0588. The molecule has 1 aromatic heterocycles. The molecule has 0 fully saturated rings. The molecule has 19 heavy (non-hydrogen) atoms. The smallest absolute Gasteiger partial charge is 0.176 e. The van der Waals surface area contributed by atoms with Gasteiger partial charge in [-0.3, -0.25) is 0 Å². The Morgan fingerprint density at radius 2 is 1.63 bits per heavy atom. The van der Waals surface area contributed by atoms with Gasteiger partial charge in [0.25, 0.3) is 0 Å². The summed E-state index contributed by atoms with van der Waals surface area (Å²) in [5.41, 5.74) is 1.89. The predicted octanol–water partition coefficient (Wildman–Crippen LogP) is 3.05. The Balaban J connectivity index is 1.90. The molecule has 0 N–H and O–H groups in total. The quantitative estimate of drug-likeness (QED) is 0.638. The first-order valence-corrected chi connectivity index (χ1v) is 6.22. The third kappa shape index (κ3) is 2.46. The van der Waals surface area contributed by atoms with Crippen molar-refractivity contribution in [1.82, 2.24) is 0 Å². The first-order valence-electron chi connectivity index (χ1n) is 6.22. The normalized spacial score (nSPS) is 10.3. The van der Waals surface area contributed by atoms with Crippen LogP contribution in [-0.4, -0.2) is 0 Å². The number of pyridine rings is 1. The summed E-state index contributed by atoms with van der Waals surface area (Å²) in [5.74, 6) is 0. The average Bonchev–Trinajstić information content (AvgIpc) is 2.48. The van der Waals surface area contributed by atoms with E-state index in [1.165, 1.54) is 16.3 Å². The van der Waals surface area contributed by atoms with Crippen molar-refractivity contribution in [2.24, 2.45) is 0 Å². The molecule has 0 saturated carbocycles. The van der Waals surface area contributed by atoms with Crippen molar-refractivity contribution in [2.45, 2.75) is 6.54 Å². The standard InChI is InChI=1S/C17H13N2/c18-11-14-5-7-15(8-6-14)12-19-10-9-16-3-1-2-4-17(16)13-19/h1-10,13H,12H2/q+1. The Hall–Kier alpha value is -2.66. The van der Waals surface area contributed by atoms with E-state index in [1.54, 1.807) is 0 Å². The molecule has 0 amide bonds. The average molecular weight is 245 g/mol. The van der Waals surface area contributed by atoms with E-state index in [4.69, 9.17) is 5.26 Å². The highest BCUT2D eigenvalue weighted by molar-refractivity contribution is 5.80. The fourth-order valence-corrected chi connectivity index (χ4v) is 2.17. The molecule has 2 nitrogen and oxygen atoms in total. The van der Waals surface area contributed by atoms with Crippen LogP contribution >= 0.6 is 0 Å². The summed E-state index contributed by atoms with van der Waals surface area (Å²) in [5, 5.41) is 11.3. The molecule has 0 aliphatic carbocycles. The number of aromatic nitrogens is 1. The van der Waals surface area contributed by atoms with Gasteiger partial charge in [-0.05, 0) is 23.6 Å². The number of nitrogens with zero attached hydrogens (tertiary/aromatic N) is 2. The van der Waals surface area contributed by atoms with Gasteiger partial charge in [-0.2, -0.15) is 5.26 Å². The van der Waals surface area contributed by atoms with Crippen LogP contribution in [0.25, 0.3) is 10.8 Å². The van der Waals surface area contributed by atoms with Crippen LogP contribution in [0, 0.1) is 11.3 Å². The third-order valence-corrected chi connectivity index (χ3v) is 3.19. The SMILES string of the molecule is N#Cc1ccc(C[n+]2ccc3ccccc3c2)cc1. The Kier molecular flexibility index (Phi) is 2.96. The maximum absolute atomic E-state index is 8.78. The van der Waals surface area contributed by atoms with Gasteiger partial charge in [-0.1, -0.05) is 30.3 Å². The monoisotopic (exact) mass is 245 g/mol. The molecule has 0 unspecified atom stereocenters. The minimum absolute atomic E-state index is 0.701. The molecule has 0 atom stereocenters. The lowest BCUT2D eigenvalue weighted by atomic mass is 10.1. The summed E-state index contributed by atoms with van der Waals surface area (Å²) in [6.45, 7) is 0.816. The third-order valence-electron chi connectivity index (χ3n) is 3.19. The number of hydrogen-bond donors (Lipinski definition) is 0. The number of benzene rings is 2. The molecule has 0 aliphatic heterocycles. The fourth-order valence-electron chi connectivity index (χ4n) is 2.17. The molecular weight excluding hydrogens is 232 g/mol. The summed E-state index contributed by atoms with van der Waals surface area (Å²) in [7, 11) is 0. The van der Waals surface area contributed by atoms with Gasteiger partial charge in [0.15, 0.2) is 18.9 Å². The predicted molar refractivity (Wildman–Crippen MR) is 74.4 cm³/mol. The molecule has 2 heteroatoms. The molecule has 0 aliphatic rings. The topological polar surface area (TPSA) is 27.7 Å². The second kappa shape index (κ2) is 4.91. The lowest BCUT2D eigenvalue weighted by Gasteiger charge is -2.00. The van der Waals surface area contributed by atoms with E-state index >= 15 is 0 Å². The Morgan fingerprint density at radius 1 is 0.895 bits per heavy atom. The molecular formula is C17H13N2+. The highest BCUT2D eigenvalue weighted by atomic mass is 14.9. The van der Waals surface area contributed by atoms with Crippen LogP contribution in [0.4, 0.5) is 0 Å². The number of rotatable bonds is 2. The van der Waals surface area contributed by atoms with Crippen LogP contribution in [0.5, 0.6) is 0 Å². The van der Waals surface area contributed by atoms with E-state index in [-0.39, 0.29) is 0 Å². The summed E-state index contributed by atoms with van der Waals surface area (Å²) >= 11 is 0. The van der Waals surface area contributed by atoms with E-state index in [0.29, 0.717) is 5.56 Å². The van der Waals surface area contributed by atoms with Crippen LogP contribution < -0.4 is 4.57 Å². The lowest BCUT2D eigenvalue weighted by molar-refractivity contribution is -0.687. The summed E-state index contributed by atoms with van der Waals surface area (Å²) in [6, 6.07) is 20.3. The van der Waals surface area contributed by atoms with Gasteiger partial charge in [-0.15, -0.1) is 0 Å². The van der Waals surface area contributed by atoms with Gasteiger partial charge < -0.3 is 0 Å². The zero-order valence-electron chi connectivity index (χ0n) is 10.5. The summed E-state index contributed by atoms with van der Waals surface area (Å²) in [4.78, 5) is 0. The van der Waals surface area contributed by atoms with Crippen LogP contribution in [-0.2, 0) is 6.54 Å². The Labute approximate surface area is 112 Å². The number of fused-ring (bicyclic) bond motifs is 1. The van der Waals surface area contributed by atoms with E-state index in [1.807, 2.05) is 36.4 Å². The van der Waals surface area contributed by atoms with E-state index < -0.39 is 0 Å². The maximum atomic E-state index is 8.78. The molecule has 0 bridgehead atoms. The number of hydrogen-bond acceptors (Lipinski definition) is 1. The highest BCUT2D eigenvalue weighted by Gasteiger charge is 2.04. The first-order chi connectivity index (χ1) is 9.35. The molecule has 3 rings (SSSR count). The molecule has 2 aromatic carbocycles. The Morgan fingerprint density at radius 3 is 2.37 bits per heavy atom.